The molecule has 1 N–H and O–H groups in total. The summed E-state index contributed by atoms with van der Waals surface area (Å²) in [5, 5.41) is 6.21. The largest absolute Gasteiger partial charge is 0.443 e. The first-order valence-corrected chi connectivity index (χ1v) is 6.98. The van der Waals surface area contributed by atoms with Crippen LogP contribution in [0.15, 0.2) is 5.29 Å². The van der Waals surface area contributed by atoms with E-state index in [2.05, 4.69) is 10.6 Å². The molecule has 0 aromatic carbocycles. The van der Waals surface area contributed by atoms with Gasteiger partial charge >= 0.3 is 5.97 Å². The second kappa shape index (κ2) is 13.0. The molecule has 1 amide bonds. The summed E-state index contributed by atoms with van der Waals surface area (Å²) in [6.45, 7) is 1.39. The van der Waals surface area contributed by atoms with E-state index in [0.717, 1.165) is 11.4 Å². The number of carbonyl (C=O) groups is 2. The maximum absolute atomic E-state index is 11.6. The molecule has 0 unspecified atom stereocenters. The van der Waals surface area contributed by atoms with Crippen molar-refractivity contribution in [2.45, 2.75) is 19.3 Å². The number of esters is 1. The van der Waals surface area contributed by atoms with E-state index in [0.29, 0.717) is 19.8 Å². The van der Waals surface area contributed by atoms with Crippen LogP contribution >= 0.6 is 0 Å². The molecule has 0 radical (unpaired) electrons. The lowest BCUT2D eigenvalue weighted by atomic mass is 10.1. The molecule has 0 spiro atoms. The molecule has 0 aliphatic heterocycles. The van der Waals surface area contributed by atoms with E-state index in [1.54, 1.807) is 14.2 Å². The predicted octanol–water partition coefficient (Wildman–Crippen LogP) is 0.296. The summed E-state index contributed by atoms with van der Waals surface area (Å²) in [5.41, 5.74) is 0. The summed E-state index contributed by atoms with van der Waals surface area (Å²) in [6, 6.07) is 0. The lowest BCUT2D eigenvalue weighted by Crippen LogP contribution is -2.28. The van der Waals surface area contributed by atoms with Crippen molar-refractivity contribution in [3.05, 3.63) is 4.91 Å². The summed E-state index contributed by atoms with van der Waals surface area (Å²) in [6.07, 6.45) is 0.724. The van der Waals surface area contributed by atoms with E-state index in [1.807, 2.05) is 0 Å². The Hall–Kier alpha value is -1.74. The van der Waals surface area contributed by atoms with Gasteiger partial charge in [-0.2, -0.15) is 0 Å². The lowest BCUT2D eigenvalue weighted by Gasteiger charge is -2.15. The van der Waals surface area contributed by atoms with Gasteiger partial charge in [-0.05, 0) is 6.42 Å². The summed E-state index contributed by atoms with van der Waals surface area (Å²) in [5.74, 6) is -0.568. The molecule has 128 valence electrons. The Morgan fingerprint density at radius 3 is 2.36 bits per heavy atom. The van der Waals surface area contributed by atoms with Crippen LogP contribution in [0.2, 0.25) is 0 Å². The van der Waals surface area contributed by atoms with E-state index in [-0.39, 0.29) is 31.4 Å². The van der Waals surface area contributed by atoms with Gasteiger partial charge in [0.15, 0.2) is 6.73 Å². The topological polar surface area (TPSA) is 107 Å². The third-order valence-corrected chi connectivity index (χ3v) is 2.79. The Balaban J connectivity index is 3.76. The normalized spacial score (nSPS) is 10.4. The number of nitroso groups, excluding NO2 is 1. The standard InChI is InChI=1S/C13H25N3O6/c1-16(15-19)10-22-13(18)5-4-12(17)14-7-6-11(8-20-2)9-21-3/h11H,4-10H2,1-3H3,(H,14,17). The molecule has 0 heterocycles. The molecule has 9 heteroatoms. The minimum Gasteiger partial charge on any atom is -0.443 e. The third kappa shape index (κ3) is 11.0. The molecule has 0 fully saturated rings. The highest BCUT2D eigenvalue weighted by Gasteiger charge is 2.11. The maximum Gasteiger partial charge on any atom is 0.308 e. The number of nitrogens with one attached hydrogen (secondary N) is 1. The van der Waals surface area contributed by atoms with E-state index >= 15 is 0 Å². The fourth-order valence-electron chi connectivity index (χ4n) is 1.67. The minimum atomic E-state index is -0.553. The van der Waals surface area contributed by atoms with Gasteiger partial charge in [-0.15, -0.1) is 4.91 Å². The molecule has 0 aromatic rings. The molecule has 0 aliphatic rings. The summed E-state index contributed by atoms with van der Waals surface area (Å²) >= 11 is 0. The molecule has 9 nitrogen and oxygen atoms in total. The van der Waals surface area contributed by atoms with Crippen LogP contribution in [0.1, 0.15) is 19.3 Å². The molecule has 22 heavy (non-hydrogen) atoms. The monoisotopic (exact) mass is 319 g/mol. The predicted molar refractivity (Wildman–Crippen MR) is 78.6 cm³/mol. The SMILES string of the molecule is COCC(CCNC(=O)CCC(=O)OCN(C)N=O)COC. The van der Waals surface area contributed by atoms with Gasteiger partial charge in [0.25, 0.3) is 0 Å². The van der Waals surface area contributed by atoms with Crippen LogP contribution in [0.3, 0.4) is 0 Å². The van der Waals surface area contributed by atoms with Crippen LogP contribution in [0.4, 0.5) is 0 Å². The zero-order valence-corrected chi connectivity index (χ0v) is 13.4. The average Bonchev–Trinajstić information content (AvgIpc) is 2.50. The van der Waals surface area contributed by atoms with Crippen molar-refractivity contribution in [1.82, 2.24) is 10.3 Å². The van der Waals surface area contributed by atoms with E-state index < -0.39 is 5.97 Å². The second-order valence-electron chi connectivity index (χ2n) is 4.80. The average molecular weight is 319 g/mol. The van der Waals surface area contributed by atoms with Crippen molar-refractivity contribution in [2.24, 2.45) is 11.2 Å². The Labute approximate surface area is 130 Å². The lowest BCUT2D eigenvalue weighted by molar-refractivity contribution is -0.149. The van der Waals surface area contributed by atoms with Crippen molar-refractivity contribution in [3.63, 3.8) is 0 Å². The van der Waals surface area contributed by atoms with Crippen LogP contribution in [0.25, 0.3) is 0 Å². The van der Waals surface area contributed by atoms with Crippen LogP contribution in [0, 0.1) is 10.8 Å². The van der Waals surface area contributed by atoms with Gasteiger partial charge in [0.05, 0.1) is 24.9 Å². The maximum atomic E-state index is 11.6. The number of rotatable bonds is 13. The Bertz CT molecular complexity index is 334. The number of nitrogens with zero attached hydrogens (tertiary/aromatic N) is 2. The number of hydrogen-bond donors (Lipinski definition) is 1. The number of ether oxygens (including phenoxy) is 3. The molecular formula is C13H25N3O6. The van der Waals surface area contributed by atoms with Crippen molar-refractivity contribution < 1.29 is 23.8 Å². The zero-order valence-electron chi connectivity index (χ0n) is 13.4. The zero-order chi connectivity index (χ0) is 16.8. The molecule has 0 saturated carbocycles. The fourth-order valence-corrected chi connectivity index (χ4v) is 1.67. The second-order valence-corrected chi connectivity index (χ2v) is 4.80. The van der Waals surface area contributed by atoms with E-state index in [9.17, 15) is 14.5 Å². The van der Waals surface area contributed by atoms with E-state index in [4.69, 9.17) is 14.2 Å². The summed E-state index contributed by atoms with van der Waals surface area (Å²) < 4.78 is 14.9. The van der Waals surface area contributed by atoms with Gasteiger partial charge in [-0.1, -0.05) is 0 Å². The quantitative estimate of drug-likeness (QED) is 0.225. The molecule has 0 aromatic heterocycles. The van der Waals surface area contributed by atoms with Gasteiger partial charge in [0.2, 0.25) is 5.91 Å². The molecule has 0 bridgehead atoms. The number of carbonyl (C=O) groups excluding carboxylic acids is 2. The van der Waals surface area contributed by atoms with Crippen molar-refractivity contribution in [3.8, 4) is 0 Å². The Kier molecular flexibility index (Phi) is 11.9. The van der Waals surface area contributed by atoms with Crippen molar-refractivity contribution >= 4 is 11.9 Å². The third-order valence-electron chi connectivity index (χ3n) is 2.79. The smallest absolute Gasteiger partial charge is 0.308 e. The van der Waals surface area contributed by atoms with Crippen molar-refractivity contribution in [2.75, 3.05) is 47.8 Å². The highest BCUT2D eigenvalue weighted by Crippen LogP contribution is 2.03. The molecule has 0 atom stereocenters. The Morgan fingerprint density at radius 2 is 1.82 bits per heavy atom. The number of amides is 1. The van der Waals surface area contributed by atoms with E-state index in [1.165, 1.54) is 7.05 Å². The molecular weight excluding hydrogens is 294 g/mol. The number of hydrogen-bond acceptors (Lipinski definition) is 7. The molecule has 0 aliphatic carbocycles. The van der Waals surface area contributed by atoms with Gasteiger partial charge in [-0.3, -0.25) is 9.59 Å². The fraction of sp³-hybridized carbons (Fsp3) is 0.846. The minimum absolute atomic E-state index is 0.0380. The molecule has 0 rings (SSSR count). The van der Waals surface area contributed by atoms with Gasteiger partial charge in [0.1, 0.15) is 0 Å². The summed E-state index contributed by atoms with van der Waals surface area (Å²) in [4.78, 5) is 32.9. The Morgan fingerprint density at radius 1 is 1.18 bits per heavy atom. The summed E-state index contributed by atoms with van der Waals surface area (Å²) in [7, 11) is 4.61. The molecule has 0 saturated heterocycles. The van der Waals surface area contributed by atoms with Crippen molar-refractivity contribution in [1.29, 1.82) is 0 Å². The van der Waals surface area contributed by atoms with Gasteiger partial charge < -0.3 is 19.5 Å². The van der Waals surface area contributed by atoms with Crippen LogP contribution in [-0.2, 0) is 23.8 Å². The first kappa shape index (κ1) is 20.3. The first-order valence-electron chi connectivity index (χ1n) is 6.98. The first-order chi connectivity index (χ1) is 10.5. The van der Waals surface area contributed by atoms with Crippen LogP contribution < -0.4 is 5.32 Å². The highest BCUT2D eigenvalue weighted by atomic mass is 16.5. The number of methoxy groups -OCH3 is 2. The highest BCUT2D eigenvalue weighted by molar-refractivity contribution is 5.81. The van der Waals surface area contributed by atoms with Gasteiger partial charge in [0, 0.05) is 40.2 Å². The van der Waals surface area contributed by atoms with Crippen LogP contribution in [0.5, 0.6) is 0 Å². The van der Waals surface area contributed by atoms with Gasteiger partial charge in [-0.25, -0.2) is 5.01 Å². The van der Waals surface area contributed by atoms with Crippen LogP contribution in [-0.4, -0.2) is 64.6 Å².